The zero-order chi connectivity index (χ0) is 14.0. The molecule has 0 heterocycles. The molecule has 0 aliphatic carbocycles. The zero-order valence-corrected chi connectivity index (χ0v) is 13.2. The van der Waals surface area contributed by atoms with Crippen LogP contribution in [0, 0.1) is 12.7 Å². The molecule has 0 spiro atoms. The molecule has 0 saturated carbocycles. The number of nitrogens with one attached hydrogen (secondary N) is 1. The molecule has 0 aliphatic rings. The SMILES string of the molecule is Cc1ccc(Br)cc1C(=O)Nc1cc(Br)ccc1F. The Morgan fingerprint density at radius 1 is 1.11 bits per heavy atom. The molecule has 19 heavy (non-hydrogen) atoms. The number of anilines is 1. The maximum atomic E-state index is 13.6. The van der Waals surface area contributed by atoms with Gasteiger partial charge in [0.2, 0.25) is 0 Å². The lowest BCUT2D eigenvalue weighted by Crippen LogP contribution is -2.14. The van der Waals surface area contributed by atoms with Crippen LogP contribution in [0.4, 0.5) is 10.1 Å². The van der Waals surface area contributed by atoms with Gasteiger partial charge in [0.1, 0.15) is 5.82 Å². The number of rotatable bonds is 2. The van der Waals surface area contributed by atoms with Crippen molar-refractivity contribution in [3.8, 4) is 0 Å². The number of benzene rings is 2. The lowest BCUT2D eigenvalue weighted by atomic mass is 10.1. The summed E-state index contributed by atoms with van der Waals surface area (Å²) in [4.78, 5) is 12.1. The van der Waals surface area contributed by atoms with Gasteiger partial charge in [0.25, 0.3) is 5.91 Å². The normalized spacial score (nSPS) is 10.3. The van der Waals surface area contributed by atoms with Crippen LogP contribution in [-0.2, 0) is 0 Å². The van der Waals surface area contributed by atoms with Crippen LogP contribution < -0.4 is 5.32 Å². The fourth-order valence-electron chi connectivity index (χ4n) is 1.62. The fourth-order valence-corrected chi connectivity index (χ4v) is 2.34. The van der Waals surface area contributed by atoms with Crippen molar-refractivity contribution < 1.29 is 9.18 Å². The summed E-state index contributed by atoms with van der Waals surface area (Å²) < 4.78 is 15.1. The predicted octanol–water partition coefficient (Wildman–Crippen LogP) is 4.91. The Morgan fingerprint density at radius 2 is 1.74 bits per heavy atom. The molecule has 1 N–H and O–H groups in total. The highest BCUT2D eigenvalue weighted by atomic mass is 79.9. The average molecular weight is 387 g/mol. The van der Waals surface area contributed by atoms with Gasteiger partial charge >= 0.3 is 0 Å². The van der Waals surface area contributed by atoms with Gasteiger partial charge in [-0.2, -0.15) is 0 Å². The topological polar surface area (TPSA) is 29.1 Å². The van der Waals surface area contributed by atoms with E-state index < -0.39 is 5.82 Å². The second-order valence-electron chi connectivity index (χ2n) is 4.04. The number of hydrogen-bond acceptors (Lipinski definition) is 1. The van der Waals surface area contributed by atoms with Crippen molar-refractivity contribution >= 4 is 43.5 Å². The van der Waals surface area contributed by atoms with Crippen LogP contribution in [0.3, 0.4) is 0 Å². The lowest BCUT2D eigenvalue weighted by Gasteiger charge is -2.09. The van der Waals surface area contributed by atoms with Crippen LogP contribution in [0.2, 0.25) is 0 Å². The number of aryl methyl sites for hydroxylation is 1. The number of halogens is 3. The van der Waals surface area contributed by atoms with E-state index in [0.29, 0.717) is 10.0 Å². The van der Waals surface area contributed by atoms with Crippen LogP contribution in [0.5, 0.6) is 0 Å². The fraction of sp³-hybridized carbons (Fsp3) is 0.0714. The Bertz CT molecular complexity index is 643. The third-order valence-corrected chi connectivity index (χ3v) is 3.61. The van der Waals surface area contributed by atoms with Gasteiger partial charge in [-0.05, 0) is 42.8 Å². The van der Waals surface area contributed by atoms with Crippen LogP contribution in [-0.4, -0.2) is 5.91 Å². The quantitative estimate of drug-likeness (QED) is 0.780. The van der Waals surface area contributed by atoms with Crippen molar-refractivity contribution in [1.82, 2.24) is 0 Å². The minimum absolute atomic E-state index is 0.152. The molecule has 2 nitrogen and oxygen atoms in total. The highest BCUT2D eigenvalue weighted by Crippen LogP contribution is 2.22. The number of amides is 1. The molecule has 98 valence electrons. The van der Waals surface area contributed by atoms with E-state index >= 15 is 0 Å². The Balaban J connectivity index is 2.30. The third-order valence-electron chi connectivity index (χ3n) is 2.62. The van der Waals surface area contributed by atoms with Crippen LogP contribution in [0.15, 0.2) is 45.3 Å². The first kappa shape index (κ1) is 14.2. The van der Waals surface area contributed by atoms with Crippen LogP contribution in [0.1, 0.15) is 15.9 Å². The van der Waals surface area contributed by atoms with Crippen molar-refractivity contribution in [2.75, 3.05) is 5.32 Å². The monoisotopic (exact) mass is 385 g/mol. The smallest absolute Gasteiger partial charge is 0.256 e. The molecule has 0 aliphatic heterocycles. The molecular formula is C14H10Br2FNO. The van der Waals surface area contributed by atoms with Crippen molar-refractivity contribution in [2.45, 2.75) is 6.92 Å². The molecule has 2 aromatic carbocycles. The van der Waals surface area contributed by atoms with E-state index in [1.165, 1.54) is 12.1 Å². The van der Waals surface area contributed by atoms with Gasteiger partial charge in [-0.15, -0.1) is 0 Å². The molecular weight excluding hydrogens is 377 g/mol. The van der Waals surface area contributed by atoms with E-state index in [1.54, 1.807) is 12.1 Å². The Labute approximate surface area is 127 Å². The van der Waals surface area contributed by atoms with Gasteiger partial charge in [-0.1, -0.05) is 37.9 Å². The lowest BCUT2D eigenvalue weighted by molar-refractivity contribution is 0.102. The summed E-state index contributed by atoms with van der Waals surface area (Å²) in [6.07, 6.45) is 0. The summed E-state index contributed by atoms with van der Waals surface area (Å²) in [6, 6.07) is 9.80. The second-order valence-corrected chi connectivity index (χ2v) is 5.87. The van der Waals surface area contributed by atoms with E-state index in [9.17, 15) is 9.18 Å². The van der Waals surface area contributed by atoms with Gasteiger partial charge in [-0.25, -0.2) is 4.39 Å². The minimum Gasteiger partial charge on any atom is -0.319 e. The number of hydrogen-bond donors (Lipinski definition) is 1. The first-order chi connectivity index (χ1) is 8.97. The molecule has 1 amide bonds. The summed E-state index contributed by atoms with van der Waals surface area (Å²) in [6.45, 7) is 1.83. The number of carbonyl (C=O) groups excluding carboxylic acids is 1. The standard InChI is InChI=1S/C14H10Br2FNO/c1-8-2-3-9(15)6-11(8)14(19)18-13-7-10(16)4-5-12(13)17/h2-7H,1H3,(H,18,19). The van der Waals surface area contributed by atoms with Crippen molar-refractivity contribution in [1.29, 1.82) is 0 Å². The molecule has 0 fully saturated rings. The molecule has 0 radical (unpaired) electrons. The average Bonchev–Trinajstić information content (AvgIpc) is 2.36. The summed E-state index contributed by atoms with van der Waals surface area (Å²) in [5, 5.41) is 2.57. The van der Waals surface area contributed by atoms with Gasteiger partial charge in [-0.3, -0.25) is 4.79 Å². The Morgan fingerprint density at radius 3 is 2.47 bits per heavy atom. The molecule has 0 bridgehead atoms. The molecule has 5 heteroatoms. The first-order valence-electron chi connectivity index (χ1n) is 5.50. The molecule has 0 atom stereocenters. The maximum Gasteiger partial charge on any atom is 0.256 e. The predicted molar refractivity (Wildman–Crippen MR) is 80.9 cm³/mol. The van der Waals surface area contributed by atoms with Crippen molar-refractivity contribution in [3.05, 3.63) is 62.3 Å². The third kappa shape index (κ3) is 3.42. The van der Waals surface area contributed by atoms with Gasteiger partial charge < -0.3 is 5.32 Å². The first-order valence-corrected chi connectivity index (χ1v) is 7.08. The van der Waals surface area contributed by atoms with Crippen LogP contribution in [0.25, 0.3) is 0 Å². The van der Waals surface area contributed by atoms with Crippen molar-refractivity contribution in [2.24, 2.45) is 0 Å². The molecule has 0 unspecified atom stereocenters. The molecule has 0 saturated heterocycles. The Hall–Kier alpha value is -1.20. The molecule has 0 aromatic heterocycles. The maximum absolute atomic E-state index is 13.6. The minimum atomic E-state index is -0.468. The molecule has 2 aromatic rings. The Kier molecular flexibility index (Phi) is 4.37. The highest BCUT2D eigenvalue weighted by molar-refractivity contribution is 9.10. The second kappa shape index (κ2) is 5.84. The van der Waals surface area contributed by atoms with E-state index in [2.05, 4.69) is 37.2 Å². The van der Waals surface area contributed by atoms with E-state index in [0.717, 1.165) is 10.0 Å². The van der Waals surface area contributed by atoms with E-state index in [4.69, 9.17) is 0 Å². The number of carbonyl (C=O) groups is 1. The highest BCUT2D eigenvalue weighted by Gasteiger charge is 2.12. The summed E-state index contributed by atoms with van der Waals surface area (Å²) in [5.74, 6) is -0.806. The van der Waals surface area contributed by atoms with E-state index in [1.807, 2.05) is 19.1 Å². The van der Waals surface area contributed by atoms with Gasteiger partial charge in [0.05, 0.1) is 5.69 Å². The van der Waals surface area contributed by atoms with Gasteiger partial charge in [0.15, 0.2) is 0 Å². The molecule has 2 rings (SSSR count). The summed E-state index contributed by atoms with van der Waals surface area (Å²) in [5.41, 5.74) is 1.49. The van der Waals surface area contributed by atoms with Gasteiger partial charge in [0, 0.05) is 14.5 Å². The van der Waals surface area contributed by atoms with Crippen LogP contribution >= 0.6 is 31.9 Å². The largest absolute Gasteiger partial charge is 0.319 e. The summed E-state index contributed by atoms with van der Waals surface area (Å²) >= 11 is 6.56. The van der Waals surface area contributed by atoms with E-state index in [-0.39, 0.29) is 11.6 Å². The summed E-state index contributed by atoms with van der Waals surface area (Å²) in [7, 11) is 0. The zero-order valence-electron chi connectivity index (χ0n) is 10.0. The van der Waals surface area contributed by atoms with Crippen molar-refractivity contribution in [3.63, 3.8) is 0 Å².